The third-order valence-electron chi connectivity index (χ3n) is 23.5. The predicted octanol–water partition coefficient (Wildman–Crippen LogP) is 18.0. The molecule has 2 aliphatic carbocycles. The number of phenols is 3. The molecule has 126 heavy (non-hydrogen) atoms. The second kappa shape index (κ2) is 37.7. The van der Waals surface area contributed by atoms with Gasteiger partial charge < -0.3 is 86.5 Å². The lowest BCUT2D eigenvalue weighted by Crippen LogP contribution is -2.30. The average Bonchev–Trinajstić information content (AvgIpc) is 1.58. The zero-order valence-corrected chi connectivity index (χ0v) is 71.6. The molecule has 5 aliphatic rings. The first kappa shape index (κ1) is 86.3. The molecule has 18 rings (SSSR count). The molecule has 13 aromatic rings. The number of carbonyl (C=O) groups is 6. The van der Waals surface area contributed by atoms with Crippen molar-refractivity contribution >= 4 is 171 Å². The molecule has 4 heterocycles. The van der Waals surface area contributed by atoms with Crippen LogP contribution in [0.25, 0.3) is 55.4 Å². The smallest absolute Gasteiger partial charge is 0.272 e. The Morgan fingerprint density at radius 3 is 1.29 bits per heavy atom. The number of aryl methyl sites for hydroxylation is 3. The zero-order valence-electron chi connectivity index (χ0n) is 69.3. The number of anilines is 8. The largest absolute Gasteiger partial charge is 0.507 e. The Hall–Kier alpha value is -13.2. The van der Waals surface area contributed by atoms with Crippen LogP contribution in [-0.2, 0) is 36.6 Å². The van der Waals surface area contributed by atoms with Gasteiger partial charge in [-0.25, -0.2) is 0 Å². The van der Waals surface area contributed by atoms with Gasteiger partial charge in [-0.05, 0) is 202 Å². The summed E-state index contributed by atoms with van der Waals surface area (Å²) in [5.74, 6) is 0.630. The molecule has 6 amide bonds. The summed E-state index contributed by atoms with van der Waals surface area (Å²) in [7, 11) is 0. The molecule has 12 aromatic carbocycles. The van der Waals surface area contributed by atoms with Crippen molar-refractivity contribution in [2.45, 2.75) is 51.4 Å². The summed E-state index contributed by atoms with van der Waals surface area (Å²) in [6.45, 7) is 10.0. The number of rotatable bonds is 24. The third kappa shape index (κ3) is 17.9. The van der Waals surface area contributed by atoms with Crippen molar-refractivity contribution in [2.75, 3.05) is 132 Å². The van der Waals surface area contributed by atoms with Crippen LogP contribution in [0.1, 0.15) is 115 Å². The van der Waals surface area contributed by atoms with E-state index in [9.17, 15) is 44.1 Å². The van der Waals surface area contributed by atoms with Gasteiger partial charge in [-0.3, -0.25) is 28.8 Å². The molecule has 0 unspecified atom stereocenters. The van der Waals surface area contributed by atoms with Crippen molar-refractivity contribution in [3.8, 4) is 23.0 Å². The minimum absolute atomic E-state index is 0.00423. The minimum atomic E-state index is -0.296. The number of hydrogen-bond acceptors (Lipinski definition) is 16. The molecule has 0 saturated carbocycles. The van der Waals surface area contributed by atoms with Crippen molar-refractivity contribution in [3.63, 3.8) is 0 Å². The van der Waals surface area contributed by atoms with E-state index in [-0.39, 0.29) is 77.1 Å². The number of benzene rings is 12. The van der Waals surface area contributed by atoms with E-state index in [0.717, 1.165) is 93.3 Å². The topological polar surface area (TPSA) is 334 Å². The number of H-pyrrole nitrogens is 1. The number of nitrogens with two attached hydrogens (primary N) is 2. The van der Waals surface area contributed by atoms with Crippen molar-refractivity contribution < 1.29 is 68.1 Å². The maximum atomic E-state index is 14.0. The molecule has 0 bridgehead atoms. The van der Waals surface area contributed by atoms with Crippen LogP contribution in [0.15, 0.2) is 217 Å². The number of ether oxygens (including phenoxy) is 4. The van der Waals surface area contributed by atoms with Crippen LogP contribution in [0.4, 0.5) is 45.5 Å². The SMILES string of the molecule is Cc1cccc2c(O)cc3c(c12)[C@H](CCl)CN3C(=O)c1ccc2c(c1)C=C(C(=O)Nc1cccc(N)c1)C2.Cc1cccc2c(O)cc3c(c12)[C@H](CCl)CN3C(=O)c1ccc2c(c1)C=C(C(=O)Nc1cccc(OCCOCCOCCOCCO)c1)C2.Cc1cccc2c(O)cc3c(c12)[C@H](CCl)CN3C(=O)c1ccc2cc(C(=O)Nc3ccc(N)cc3)[nH]c2c1. The lowest BCUT2D eigenvalue weighted by atomic mass is 9.92. The first-order valence-corrected chi connectivity index (χ1v) is 43.1. The van der Waals surface area contributed by atoms with Crippen LogP contribution in [-0.4, -0.2) is 151 Å². The van der Waals surface area contributed by atoms with E-state index in [4.69, 9.17) is 70.3 Å². The number of nitrogens with zero attached hydrogens (tertiary/aromatic N) is 3. The number of aliphatic hydroxyl groups is 1. The number of amides is 6. The fourth-order valence-corrected chi connectivity index (χ4v) is 18.2. The number of phenolic OH excluding ortho intramolecular Hbond substituents is 3. The number of fused-ring (bicyclic) bond motifs is 12. The molecule has 0 fully saturated rings. The maximum Gasteiger partial charge on any atom is 0.272 e. The van der Waals surface area contributed by atoms with E-state index >= 15 is 0 Å². The number of nitrogens with one attached hydrogen (secondary N) is 4. The summed E-state index contributed by atoms with van der Waals surface area (Å²) >= 11 is 19.2. The fraction of sp³-hybridized carbons (Fsp3) is 0.220. The summed E-state index contributed by atoms with van der Waals surface area (Å²) < 4.78 is 21.8. The highest BCUT2D eigenvalue weighted by Gasteiger charge is 2.40. The summed E-state index contributed by atoms with van der Waals surface area (Å²) in [6.07, 6.45) is 4.59. The highest BCUT2D eigenvalue weighted by molar-refractivity contribution is 6.22. The molecule has 0 spiro atoms. The molecular formula is C100H92Cl3N9O14. The number of halogens is 3. The van der Waals surface area contributed by atoms with E-state index in [1.54, 1.807) is 124 Å². The quantitative estimate of drug-likeness (QED) is 0.0153. The number of aromatic hydroxyl groups is 3. The molecular weight excluding hydrogens is 1660 g/mol. The maximum absolute atomic E-state index is 14.0. The molecule has 26 heteroatoms. The monoisotopic (exact) mass is 1750 g/mol. The van der Waals surface area contributed by atoms with E-state index in [0.29, 0.717) is 187 Å². The Morgan fingerprint density at radius 2 is 0.841 bits per heavy atom. The van der Waals surface area contributed by atoms with Crippen LogP contribution in [0.3, 0.4) is 0 Å². The van der Waals surface area contributed by atoms with Crippen molar-refractivity contribution in [2.24, 2.45) is 0 Å². The van der Waals surface area contributed by atoms with Crippen LogP contribution < -0.4 is 46.9 Å². The Balaban J connectivity index is 0.000000141. The Kier molecular flexibility index (Phi) is 25.8. The molecule has 0 saturated heterocycles. The second-order valence-electron chi connectivity index (χ2n) is 31.8. The molecule has 0 radical (unpaired) electrons. The number of alkyl halides is 3. The van der Waals surface area contributed by atoms with Gasteiger partial charge in [0.25, 0.3) is 35.4 Å². The highest BCUT2D eigenvalue weighted by atomic mass is 35.5. The Morgan fingerprint density at radius 1 is 0.429 bits per heavy atom. The van der Waals surface area contributed by atoms with Crippen LogP contribution >= 0.6 is 34.8 Å². The van der Waals surface area contributed by atoms with Gasteiger partial charge >= 0.3 is 0 Å². The van der Waals surface area contributed by atoms with Gasteiger partial charge in [0.05, 0.1) is 63.3 Å². The number of carbonyl (C=O) groups excluding carboxylic acids is 6. The summed E-state index contributed by atoms with van der Waals surface area (Å²) in [5.41, 5.74) is 30.0. The van der Waals surface area contributed by atoms with Gasteiger partial charge in [0.15, 0.2) is 0 Å². The number of aliphatic hydroxyl groups excluding tert-OH is 1. The molecule has 642 valence electrons. The van der Waals surface area contributed by atoms with Crippen LogP contribution in [0, 0.1) is 20.8 Å². The number of aromatic nitrogens is 1. The fourth-order valence-electron chi connectivity index (χ4n) is 17.4. The van der Waals surface area contributed by atoms with Gasteiger partial charge in [0.2, 0.25) is 0 Å². The lowest BCUT2D eigenvalue weighted by molar-refractivity contribution is -0.113. The van der Waals surface area contributed by atoms with Gasteiger partial charge in [-0.15, -0.1) is 34.8 Å². The minimum Gasteiger partial charge on any atom is -0.507 e. The molecule has 23 nitrogen and oxygen atoms in total. The average molecular weight is 1750 g/mol. The zero-order chi connectivity index (χ0) is 88.1. The van der Waals surface area contributed by atoms with Crippen molar-refractivity contribution in [1.29, 1.82) is 0 Å². The molecule has 1 aromatic heterocycles. The Bertz CT molecular complexity index is 6550. The molecule has 3 aliphatic heterocycles. The van der Waals surface area contributed by atoms with E-state index in [2.05, 4.69) is 20.9 Å². The number of aromatic amines is 1. The van der Waals surface area contributed by atoms with E-state index < -0.39 is 0 Å². The predicted molar refractivity (Wildman–Crippen MR) is 499 cm³/mol. The van der Waals surface area contributed by atoms with Crippen molar-refractivity contribution in [1.82, 2.24) is 4.98 Å². The number of hydrogen-bond donors (Lipinski definition) is 10. The van der Waals surface area contributed by atoms with E-state index in [1.165, 1.54) is 0 Å². The first-order valence-electron chi connectivity index (χ1n) is 41.5. The molecule has 12 N–H and O–H groups in total. The summed E-state index contributed by atoms with van der Waals surface area (Å²) in [6, 6.07) is 61.6. The van der Waals surface area contributed by atoms with E-state index in [1.807, 2.05) is 130 Å². The second-order valence-corrected chi connectivity index (χ2v) is 32.8. The van der Waals surface area contributed by atoms with Gasteiger partial charge in [0.1, 0.15) is 35.3 Å². The lowest BCUT2D eigenvalue weighted by Gasteiger charge is -2.19. The van der Waals surface area contributed by atoms with Crippen LogP contribution in [0.5, 0.6) is 23.0 Å². The normalized spacial score (nSPS) is 15.1. The summed E-state index contributed by atoms with van der Waals surface area (Å²) in [5, 5.41) is 55.7. The highest BCUT2D eigenvalue weighted by Crippen LogP contribution is 2.51. The van der Waals surface area contributed by atoms with Crippen LogP contribution in [0.2, 0.25) is 0 Å². The van der Waals surface area contributed by atoms with Gasteiger partial charge in [0, 0.05) is 175 Å². The van der Waals surface area contributed by atoms with Crippen molar-refractivity contribution in [3.05, 3.63) is 295 Å². The first-order chi connectivity index (χ1) is 61.0. The van der Waals surface area contributed by atoms with Gasteiger partial charge in [-0.2, -0.15) is 0 Å². The molecule has 3 atom stereocenters. The number of nitrogen functional groups attached to an aromatic ring is 2. The third-order valence-corrected chi connectivity index (χ3v) is 24.6. The Labute approximate surface area is 741 Å². The standard InChI is InChI=1S/C39H41ClN2O8.C31H26ClN3O3.C30H25ClN4O3/c1-25-4-2-7-33-35(44)22-34-37(36(25)33)30(23-40)24-42(34)39(46)27-9-8-26-18-29(20-28(26)19-27)38(45)41-31-5-3-6-32(21-31)50-17-16-49-15-14-48-13-12-47-11-10-43;1-17-4-2-7-25-27(36)14-26-29(28(17)25)22(15-32)16-35(26)31(38)19-9-8-18-10-21(12-20(18)11-19)30(37)34-24-6-3-5-23(33)13-24;1-16-3-2-4-22-26(36)13-25-28(27(16)22)19(14-31)15-35(25)30(38)18-6-5-17-11-24(34-23(17)12-18)29(37)33-21-9-7-20(32)8-10-21/h2-9,19-22,30,43-44H,10-18,23-24H2,1H3,(H,41,45);2-9,11-14,22,36H,10,15-16,33H2,1H3,(H,34,37);2-13,19,34,36H,14-15,32H2,1H3,(H,33,37)/t30-;22-;19-/m111/s1. The van der Waals surface area contributed by atoms with Gasteiger partial charge in [-0.1, -0.05) is 84.9 Å². The summed E-state index contributed by atoms with van der Waals surface area (Å²) in [4.78, 5) is 88.6.